The molecule has 0 atom stereocenters. The van der Waals surface area contributed by atoms with Crippen molar-refractivity contribution < 1.29 is 18.5 Å². The van der Waals surface area contributed by atoms with Gasteiger partial charge in [-0.05, 0) is 12.1 Å². The lowest BCUT2D eigenvalue weighted by Gasteiger charge is -2.06. The molecule has 1 heterocycles. The molecule has 9 heteroatoms. The van der Waals surface area contributed by atoms with E-state index in [1.807, 2.05) is 0 Å². The molecule has 0 fully saturated rings. The Hall–Kier alpha value is -2.84. The van der Waals surface area contributed by atoms with Crippen molar-refractivity contribution >= 4 is 11.6 Å². The quantitative estimate of drug-likeness (QED) is 0.668. The Kier molecular flexibility index (Phi) is 4.21. The second-order valence-electron chi connectivity index (χ2n) is 4.07. The van der Waals surface area contributed by atoms with E-state index in [1.165, 1.54) is 0 Å². The number of amides is 1. The van der Waals surface area contributed by atoms with E-state index >= 15 is 0 Å². The molecule has 21 heavy (non-hydrogen) atoms. The number of nitrogens with zero attached hydrogens (tertiary/aromatic N) is 3. The first-order valence-corrected chi connectivity index (χ1v) is 5.88. The van der Waals surface area contributed by atoms with E-state index in [9.17, 15) is 23.7 Å². The van der Waals surface area contributed by atoms with Gasteiger partial charge in [0, 0.05) is 18.9 Å². The highest BCUT2D eigenvalue weighted by atomic mass is 19.2. The van der Waals surface area contributed by atoms with Crippen LogP contribution >= 0.6 is 0 Å². The van der Waals surface area contributed by atoms with Crippen molar-refractivity contribution in [2.75, 3.05) is 6.54 Å². The predicted octanol–water partition coefficient (Wildman–Crippen LogP) is 1.50. The summed E-state index contributed by atoms with van der Waals surface area (Å²) in [7, 11) is 0. The number of carbonyl (C=O) groups excluding carboxylic acids is 1. The molecule has 0 aliphatic heterocycles. The summed E-state index contributed by atoms with van der Waals surface area (Å²) in [6, 6.07) is 2.59. The molecule has 0 radical (unpaired) electrons. The highest BCUT2D eigenvalue weighted by Gasteiger charge is 2.23. The Morgan fingerprint density at radius 3 is 2.71 bits per heavy atom. The van der Waals surface area contributed by atoms with Gasteiger partial charge in [-0.25, -0.2) is 8.78 Å². The summed E-state index contributed by atoms with van der Waals surface area (Å²) in [6.07, 6.45) is 3.23. The van der Waals surface area contributed by atoms with Gasteiger partial charge >= 0.3 is 0 Å². The Morgan fingerprint density at radius 1 is 1.38 bits per heavy atom. The molecule has 0 bridgehead atoms. The highest BCUT2D eigenvalue weighted by Crippen LogP contribution is 2.22. The largest absolute Gasteiger partial charge is 0.350 e. The Balaban J connectivity index is 2.11. The molecule has 110 valence electrons. The molecule has 1 amide bonds. The van der Waals surface area contributed by atoms with Crippen molar-refractivity contribution in [2.24, 2.45) is 0 Å². The van der Waals surface area contributed by atoms with E-state index in [2.05, 4.69) is 10.4 Å². The fourth-order valence-electron chi connectivity index (χ4n) is 1.68. The van der Waals surface area contributed by atoms with Crippen LogP contribution in [-0.2, 0) is 6.54 Å². The van der Waals surface area contributed by atoms with Gasteiger partial charge in [0.2, 0.25) is 0 Å². The minimum atomic E-state index is -1.38. The molecule has 0 saturated carbocycles. The molecule has 0 aliphatic carbocycles. The van der Waals surface area contributed by atoms with E-state index in [-0.39, 0.29) is 6.54 Å². The molecular formula is C12H10F2N4O3. The summed E-state index contributed by atoms with van der Waals surface area (Å²) in [5, 5.41) is 17.1. The summed E-state index contributed by atoms with van der Waals surface area (Å²) in [4.78, 5) is 21.7. The van der Waals surface area contributed by atoms with Crippen LogP contribution in [0, 0.1) is 21.7 Å². The molecule has 1 aromatic carbocycles. The molecule has 0 saturated heterocycles. The highest BCUT2D eigenvalue weighted by molar-refractivity contribution is 5.98. The van der Waals surface area contributed by atoms with Crippen molar-refractivity contribution in [2.45, 2.75) is 6.54 Å². The number of hydrogen-bond donors (Lipinski definition) is 1. The van der Waals surface area contributed by atoms with Crippen LogP contribution in [0.2, 0.25) is 0 Å². The minimum Gasteiger partial charge on any atom is -0.350 e. The molecule has 1 N–H and O–H groups in total. The van der Waals surface area contributed by atoms with Gasteiger partial charge in [0.25, 0.3) is 11.6 Å². The molecule has 0 aliphatic rings. The van der Waals surface area contributed by atoms with Crippen molar-refractivity contribution in [3.8, 4) is 0 Å². The van der Waals surface area contributed by atoms with E-state index in [0.717, 1.165) is 0 Å². The maximum Gasteiger partial charge on any atom is 0.285 e. The summed E-state index contributed by atoms with van der Waals surface area (Å²) >= 11 is 0. The maximum absolute atomic E-state index is 13.1. The molecule has 0 unspecified atom stereocenters. The number of aromatic nitrogens is 2. The van der Waals surface area contributed by atoms with Crippen LogP contribution in [0.1, 0.15) is 10.4 Å². The maximum atomic E-state index is 13.1. The predicted molar refractivity (Wildman–Crippen MR) is 67.6 cm³/mol. The van der Waals surface area contributed by atoms with Gasteiger partial charge in [-0.1, -0.05) is 0 Å². The van der Waals surface area contributed by atoms with Crippen LogP contribution in [-0.4, -0.2) is 27.2 Å². The van der Waals surface area contributed by atoms with Crippen molar-refractivity contribution in [1.29, 1.82) is 0 Å². The standard InChI is InChI=1S/C12H10F2N4O3/c13-9-6-8(11(18(20)21)7-10(9)14)12(19)15-3-5-17-4-1-2-16-17/h1-2,4,6-7H,3,5H2,(H,15,19). The lowest BCUT2D eigenvalue weighted by molar-refractivity contribution is -0.385. The van der Waals surface area contributed by atoms with Crippen LogP contribution in [0.3, 0.4) is 0 Å². The first-order valence-electron chi connectivity index (χ1n) is 5.88. The zero-order valence-corrected chi connectivity index (χ0v) is 10.6. The summed E-state index contributed by atoms with van der Waals surface area (Å²) < 4.78 is 27.7. The number of nitrogens with one attached hydrogen (secondary N) is 1. The number of rotatable bonds is 5. The zero-order valence-electron chi connectivity index (χ0n) is 10.6. The van der Waals surface area contributed by atoms with Gasteiger partial charge in [-0.15, -0.1) is 0 Å². The van der Waals surface area contributed by atoms with E-state index in [1.54, 1.807) is 23.1 Å². The lowest BCUT2D eigenvalue weighted by Crippen LogP contribution is -2.28. The van der Waals surface area contributed by atoms with Gasteiger partial charge in [0.1, 0.15) is 5.56 Å². The zero-order chi connectivity index (χ0) is 15.4. The van der Waals surface area contributed by atoms with Crippen molar-refractivity contribution in [3.63, 3.8) is 0 Å². The third-order valence-corrected chi connectivity index (χ3v) is 2.67. The number of halogens is 2. The van der Waals surface area contributed by atoms with Crippen LogP contribution in [0.25, 0.3) is 0 Å². The van der Waals surface area contributed by atoms with Gasteiger partial charge in [-0.2, -0.15) is 5.10 Å². The van der Waals surface area contributed by atoms with Gasteiger partial charge in [0.05, 0.1) is 17.5 Å². The monoisotopic (exact) mass is 296 g/mol. The second kappa shape index (κ2) is 6.07. The van der Waals surface area contributed by atoms with Crippen LogP contribution in [0.5, 0.6) is 0 Å². The minimum absolute atomic E-state index is 0.136. The molecule has 7 nitrogen and oxygen atoms in total. The third-order valence-electron chi connectivity index (χ3n) is 2.67. The number of nitro benzene ring substituents is 1. The second-order valence-corrected chi connectivity index (χ2v) is 4.07. The first kappa shape index (κ1) is 14.6. The number of carbonyl (C=O) groups is 1. The van der Waals surface area contributed by atoms with E-state index in [4.69, 9.17) is 0 Å². The first-order chi connectivity index (χ1) is 9.99. The number of nitro groups is 1. The molecular weight excluding hydrogens is 286 g/mol. The van der Waals surface area contributed by atoms with Crippen molar-refractivity contribution in [3.05, 3.63) is 57.9 Å². The van der Waals surface area contributed by atoms with Crippen LogP contribution in [0.4, 0.5) is 14.5 Å². The molecule has 2 aromatic rings. The van der Waals surface area contributed by atoms with E-state index in [0.29, 0.717) is 18.7 Å². The fraction of sp³-hybridized carbons (Fsp3) is 0.167. The topological polar surface area (TPSA) is 90.1 Å². The van der Waals surface area contributed by atoms with E-state index < -0.39 is 33.7 Å². The van der Waals surface area contributed by atoms with Gasteiger partial charge in [-0.3, -0.25) is 19.6 Å². The summed E-state index contributed by atoms with van der Waals surface area (Å²) in [6.45, 7) is 0.479. The molecule has 1 aromatic heterocycles. The fourth-order valence-corrected chi connectivity index (χ4v) is 1.68. The average molecular weight is 296 g/mol. The molecule has 0 spiro atoms. The average Bonchev–Trinajstić information content (AvgIpc) is 2.94. The Labute approximate surface area is 117 Å². The van der Waals surface area contributed by atoms with Gasteiger partial charge in [0.15, 0.2) is 11.6 Å². The summed E-state index contributed by atoms with van der Waals surface area (Å²) in [5.74, 6) is -3.56. The Morgan fingerprint density at radius 2 is 2.10 bits per heavy atom. The lowest BCUT2D eigenvalue weighted by atomic mass is 10.1. The van der Waals surface area contributed by atoms with Crippen LogP contribution in [0.15, 0.2) is 30.6 Å². The normalized spacial score (nSPS) is 10.4. The SMILES string of the molecule is O=C(NCCn1cccn1)c1cc(F)c(F)cc1[N+](=O)[O-]. The number of benzene rings is 1. The van der Waals surface area contributed by atoms with Crippen molar-refractivity contribution in [1.82, 2.24) is 15.1 Å². The smallest absolute Gasteiger partial charge is 0.285 e. The number of hydrogen-bond acceptors (Lipinski definition) is 4. The third kappa shape index (κ3) is 3.38. The summed E-state index contributed by atoms with van der Waals surface area (Å²) in [5.41, 5.74) is -1.31. The van der Waals surface area contributed by atoms with Crippen LogP contribution < -0.4 is 5.32 Å². The molecule has 2 rings (SSSR count). The van der Waals surface area contributed by atoms with Gasteiger partial charge < -0.3 is 5.32 Å². The Bertz CT molecular complexity index is 673.